The Bertz CT molecular complexity index is 1010. The fourth-order valence-electron chi connectivity index (χ4n) is 3.12. The smallest absolute Gasteiger partial charge is 0.481 e. The number of hydrogen-bond acceptors (Lipinski definition) is 8. The lowest BCUT2D eigenvalue weighted by molar-refractivity contribution is -0.390. The fraction of sp³-hybridized carbons (Fsp3) is 0.409. The lowest BCUT2D eigenvalue weighted by atomic mass is 9.81. The van der Waals surface area contributed by atoms with Gasteiger partial charge in [-0.1, -0.05) is 24.0 Å². The molecule has 1 aromatic heterocycles. The van der Waals surface area contributed by atoms with Gasteiger partial charge in [0, 0.05) is 17.6 Å². The molecular weight excluding hydrogens is 415 g/mol. The van der Waals surface area contributed by atoms with Crippen molar-refractivity contribution in [3.63, 3.8) is 0 Å². The van der Waals surface area contributed by atoms with Gasteiger partial charge in [-0.05, 0) is 66.8 Å². The Kier molecular flexibility index (Phi) is 7.82. The molecule has 168 valence electrons. The summed E-state index contributed by atoms with van der Waals surface area (Å²) < 4.78 is 17.1. The zero-order valence-corrected chi connectivity index (χ0v) is 18.0. The van der Waals surface area contributed by atoms with Gasteiger partial charge in [0.05, 0.1) is 0 Å². The van der Waals surface area contributed by atoms with E-state index < -0.39 is 23.5 Å². The van der Waals surface area contributed by atoms with Crippen LogP contribution in [0.15, 0.2) is 36.5 Å². The molecule has 0 spiro atoms. The highest BCUT2D eigenvalue weighted by atomic mass is 16.7. The minimum Gasteiger partial charge on any atom is -0.481 e. The van der Waals surface area contributed by atoms with Gasteiger partial charge in [-0.3, -0.25) is 0 Å². The van der Waals surface area contributed by atoms with Crippen LogP contribution in [0.3, 0.4) is 0 Å². The maximum atomic E-state index is 11.2. The molecule has 1 aromatic carbocycles. The van der Waals surface area contributed by atoms with Gasteiger partial charge in [0.25, 0.3) is 0 Å². The molecule has 1 unspecified atom stereocenters. The molecule has 9 nitrogen and oxygen atoms in total. The van der Waals surface area contributed by atoms with Crippen LogP contribution in [0.4, 0.5) is 5.82 Å². The highest BCUT2D eigenvalue weighted by molar-refractivity contribution is 6.58. The minimum absolute atomic E-state index is 0.00519. The topological polar surface area (TPSA) is 124 Å². The molecule has 0 aliphatic carbocycles. The predicted molar refractivity (Wildman–Crippen MR) is 117 cm³/mol. The molecule has 1 aliphatic rings. The molecule has 1 aliphatic heterocycles. The Labute approximate surface area is 186 Å². The molecule has 10 heteroatoms. The second-order valence-electron chi connectivity index (χ2n) is 7.88. The van der Waals surface area contributed by atoms with E-state index in [-0.39, 0.29) is 24.1 Å². The lowest BCUT2D eigenvalue weighted by Gasteiger charge is -2.29. The highest BCUT2D eigenvalue weighted by Gasteiger charge is 2.24. The summed E-state index contributed by atoms with van der Waals surface area (Å²) in [6.45, 7) is 4.49. The molecule has 1 atom stereocenters. The van der Waals surface area contributed by atoms with E-state index in [9.17, 15) is 20.2 Å². The van der Waals surface area contributed by atoms with Crippen molar-refractivity contribution in [2.24, 2.45) is 0 Å². The molecule has 0 saturated carbocycles. The number of nitro groups is 1. The molecule has 0 bridgehead atoms. The molecule has 1 saturated heterocycles. The maximum Gasteiger partial charge on any atom is 0.492 e. The fourth-order valence-corrected chi connectivity index (χ4v) is 3.12. The van der Waals surface area contributed by atoms with Crippen LogP contribution in [0.2, 0.25) is 0 Å². The Morgan fingerprint density at radius 1 is 1.34 bits per heavy atom. The molecule has 0 radical (unpaired) electrons. The average molecular weight is 440 g/mol. The van der Waals surface area contributed by atoms with Crippen molar-refractivity contribution in [2.45, 2.75) is 51.6 Å². The van der Waals surface area contributed by atoms with Gasteiger partial charge in [-0.15, -0.1) is 0 Å². The standard InChI is InChI=1S/C22H25BN2O7/c1-22(2,32-20-8-3-4-11-30-20)10-9-16-6-5-7-17(12-16)15-31-19-13-18(23(26)27)14-24-21(19)25(28)29/h5-7,12-14,20,26-27H,3-4,8,11,15H2,1-2H3. The van der Waals surface area contributed by atoms with E-state index in [0.717, 1.165) is 36.6 Å². The largest absolute Gasteiger partial charge is 0.492 e. The third-order valence-electron chi connectivity index (χ3n) is 4.72. The van der Waals surface area contributed by atoms with E-state index in [4.69, 9.17) is 14.2 Å². The number of aromatic nitrogens is 1. The van der Waals surface area contributed by atoms with Gasteiger partial charge in [-0.2, -0.15) is 0 Å². The van der Waals surface area contributed by atoms with Gasteiger partial charge in [0.1, 0.15) is 18.4 Å². The normalized spacial score (nSPS) is 16.1. The highest BCUT2D eigenvalue weighted by Crippen LogP contribution is 2.24. The van der Waals surface area contributed by atoms with Gasteiger partial charge < -0.3 is 34.4 Å². The third-order valence-corrected chi connectivity index (χ3v) is 4.72. The van der Waals surface area contributed by atoms with Crippen LogP contribution in [-0.2, 0) is 16.1 Å². The minimum atomic E-state index is -1.81. The first kappa shape index (κ1) is 23.7. The van der Waals surface area contributed by atoms with Gasteiger partial charge in [0.15, 0.2) is 6.29 Å². The van der Waals surface area contributed by atoms with E-state index >= 15 is 0 Å². The Balaban J connectivity index is 1.69. The molecule has 2 N–H and O–H groups in total. The third kappa shape index (κ3) is 6.77. The lowest BCUT2D eigenvalue weighted by Crippen LogP contribution is -2.33. The number of ether oxygens (including phenoxy) is 3. The second kappa shape index (κ2) is 10.6. The van der Waals surface area contributed by atoms with Crippen molar-refractivity contribution in [1.29, 1.82) is 0 Å². The Morgan fingerprint density at radius 3 is 2.84 bits per heavy atom. The SMILES string of the molecule is CC(C)(C#Cc1cccc(COc2cc(B(O)O)cnc2[N+](=O)[O-])c1)OC1CCCCO1. The first-order valence-electron chi connectivity index (χ1n) is 10.3. The molecule has 2 heterocycles. The summed E-state index contributed by atoms with van der Waals surface area (Å²) in [5, 5.41) is 29.8. The predicted octanol–water partition coefficient (Wildman–Crippen LogP) is 1.92. The summed E-state index contributed by atoms with van der Waals surface area (Å²) >= 11 is 0. The van der Waals surface area contributed by atoms with Crippen LogP contribution < -0.4 is 10.2 Å². The second-order valence-corrected chi connectivity index (χ2v) is 7.88. The number of nitrogens with zero attached hydrogens (tertiary/aromatic N) is 2. The van der Waals surface area contributed by atoms with Crippen molar-refractivity contribution in [2.75, 3.05) is 6.61 Å². The van der Waals surface area contributed by atoms with Gasteiger partial charge in [0.2, 0.25) is 5.75 Å². The van der Waals surface area contributed by atoms with Crippen molar-refractivity contribution >= 4 is 18.4 Å². The zero-order valence-electron chi connectivity index (χ0n) is 18.0. The van der Waals surface area contributed by atoms with Crippen LogP contribution in [0.1, 0.15) is 44.2 Å². The summed E-state index contributed by atoms with van der Waals surface area (Å²) in [6.07, 6.45) is 3.75. The van der Waals surface area contributed by atoms with Crippen LogP contribution in [0.25, 0.3) is 0 Å². The first-order chi connectivity index (χ1) is 15.2. The molecule has 32 heavy (non-hydrogen) atoms. The van der Waals surface area contributed by atoms with Crippen LogP contribution >= 0.6 is 0 Å². The van der Waals surface area contributed by atoms with Crippen molar-refractivity contribution in [3.8, 4) is 17.6 Å². The Hall–Kier alpha value is -2.97. The van der Waals surface area contributed by atoms with Gasteiger partial charge >= 0.3 is 12.9 Å². The molecule has 2 aromatic rings. The monoisotopic (exact) mass is 440 g/mol. The van der Waals surface area contributed by atoms with E-state index in [1.165, 1.54) is 6.07 Å². The molecular formula is C22H25BN2O7. The number of hydrogen-bond donors (Lipinski definition) is 2. The number of benzene rings is 1. The van der Waals surface area contributed by atoms with Crippen LogP contribution in [0.5, 0.6) is 5.75 Å². The summed E-state index contributed by atoms with van der Waals surface area (Å²) in [5.41, 5.74) is 0.774. The van der Waals surface area contributed by atoms with E-state index in [1.807, 2.05) is 26.0 Å². The van der Waals surface area contributed by atoms with Crippen molar-refractivity contribution < 1.29 is 29.2 Å². The molecule has 1 fully saturated rings. The zero-order chi connectivity index (χ0) is 23.1. The van der Waals surface area contributed by atoms with Crippen LogP contribution in [0, 0.1) is 22.0 Å². The average Bonchev–Trinajstić information content (AvgIpc) is 2.77. The first-order valence-corrected chi connectivity index (χ1v) is 10.3. The number of pyridine rings is 1. The Morgan fingerprint density at radius 2 is 2.16 bits per heavy atom. The number of rotatable bonds is 7. The summed E-state index contributed by atoms with van der Waals surface area (Å²) in [6, 6.07) is 8.45. The maximum absolute atomic E-state index is 11.2. The summed E-state index contributed by atoms with van der Waals surface area (Å²) in [4.78, 5) is 14.1. The van der Waals surface area contributed by atoms with Crippen molar-refractivity contribution in [3.05, 3.63) is 57.8 Å². The van der Waals surface area contributed by atoms with Crippen molar-refractivity contribution in [1.82, 2.24) is 4.98 Å². The van der Waals surface area contributed by atoms with Gasteiger partial charge in [-0.25, -0.2) is 0 Å². The summed E-state index contributed by atoms with van der Waals surface area (Å²) in [5.74, 6) is 5.55. The summed E-state index contributed by atoms with van der Waals surface area (Å²) in [7, 11) is -1.81. The van der Waals surface area contributed by atoms with E-state index in [0.29, 0.717) is 6.61 Å². The van der Waals surface area contributed by atoms with E-state index in [2.05, 4.69) is 16.8 Å². The molecule has 0 amide bonds. The quantitative estimate of drug-likeness (QED) is 0.290. The van der Waals surface area contributed by atoms with E-state index in [1.54, 1.807) is 12.1 Å². The molecule has 3 rings (SSSR count). The van der Waals surface area contributed by atoms with Crippen LogP contribution in [-0.4, -0.2) is 45.6 Å².